The first-order valence-corrected chi connectivity index (χ1v) is 6.25. The molecule has 0 bridgehead atoms. The Hall–Kier alpha value is -1.36. The molecule has 1 fully saturated rings. The lowest BCUT2D eigenvalue weighted by Crippen LogP contribution is -2.46. The van der Waals surface area contributed by atoms with Gasteiger partial charge in [-0.1, -0.05) is 13.3 Å². The SMILES string of the molecule is CCCc1c(C(=O)N2CCNCC2)cnn1C. The van der Waals surface area contributed by atoms with Crippen LogP contribution < -0.4 is 5.32 Å². The van der Waals surface area contributed by atoms with Crippen LogP contribution in [0.1, 0.15) is 29.4 Å². The van der Waals surface area contributed by atoms with E-state index in [2.05, 4.69) is 17.3 Å². The Morgan fingerprint density at radius 3 is 2.82 bits per heavy atom. The zero-order valence-corrected chi connectivity index (χ0v) is 10.6. The van der Waals surface area contributed by atoms with Gasteiger partial charge in [-0.05, 0) is 6.42 Å². The van der Waals surface area contributed by atoms with E-state index in [-0.39, 0.29) is 5.91 Å². The summed E-state index contributed by atoms with van der Waals surface area (Å²) >= 11 is 0. The number of rotatable bonds is 3. The Morgan fingerprint density at radius 1 is 1.47 bits per heavy atom. The monoisotopic (exact) mass is 236 g/mol. The predicted molar refractivity (Wildman–Crippen MR) is 66.0 cm³/mol. The second-order valence-corrected chi connectivity index (χ2v) is 4.42. The van der Waals surface area contributed by atoms with E-state index in [0.29, 0.717) is 0 Å². The van der Waals surface area contributed by atoms with Crippen molar-refractivity contribution in [3.63, 3.8) is 0 Å². The number of nitrogens with one attached hydrogen (secondary N) is 1. The minimum absolute atomic E-state index is 0.128. The molecule has 5 nitrogen and oxygen atoms in total. The number of hydrogen-bond donors (Lipinski definition) is 1. The van der Waals surface area contributed by atoms with Gasteiger partial charge in [0.25, 0.3) is 5.91 Å². The van der Waals surface area contributed by atoms with Gasteiger partial charge in [0.05, 0.1) is 17.5 Å². The molecule has 0 atom stereocenters. The molecule has 0 radical (unpaired) electrons. The van der Waals surface area contributed by atoms with Crippen molar-refractivity contribution >= 4 is 5.91 Å². The normalized spacial score (nSPS) is 16.2. The number of carbonyl (C=O) groups is 1. The smallest absolute Gasteiger partial charge is 0.257 e. The maximum atomic E-state index is 12.4. The fourth-order valence-corrected chi connectivity index (χ4v) is 2.21. The summed E-state index contributed by atoms with van der Waals surface area (Å²) in [5.74, 6) is 0.128. The minimum Gasteiger partial charge on any atom is -0.336 e. The molecule has 1 aliphatic rings. The van der Waals surface area contributed by atoms with Crippen molar-refractivity contribution in [2.75, 3.05) is 26.2 Å². The number of aryl methyl sites for hydroxylation is 1. The fraction of sp³-hybridized carbons (Fsp3) is 0.667. The second kappa shape index (κ2) is 5.31. The molecule has 0 saturated carbocycles. The molecular weight excluding hydrogens is 216 g/mol. The second-order valence-electron chi connectivity index (χ2n) is 4.42. The highest BCUT2D eigenvalue weighted by Crippen LogP contribution is 2.13. The van der Waals surface area contributed by atoms with Crippen molar-refractivity contribution < 1.29 is 4.79 Å². The highest BCUT2D eigenvalue weighted by Gasteiger charge is 2.22. The zero-order valence-electron chi connectivity index (χ0n) is 10.6. The summed E-state index contributed by atoms with van der Waals surface area (Å²) < 4.78 is 1.82. The molecule has 17 heavy (non-hydrogen) atoms. The summed E-state index contributed by atoms with van der Waals surface area (Å²) in [6, 6.07) is 0. The number of piperazine rings is 1. The van der Waals surface area contributed by atoms with Crippen LogP contribution in [0.25, 0.3) is 0 Å². The largest absolute Gasteiger partial charge is 0.336 e. The quantitative estimate of drug-likeness (QED) is 0.827. The van der Waals surface area contributed by atoms with Crippen LogP contribution >= 0.6 is 0 Å². The molecule has 1 amide bonds. The van der Waals surface area contributed by atoms with Gasteiger partial charge >= 0.3 is 0 Å². The maximum Gasteiger partial charge on any atom is 0.257 e. The van der Waals surface area contributed by atoms with Crippen LogP contribution in [0.4, 0.5) is 0 Å². The lowest BCUT2D eigenvalue weighted by molar-refractivity contribution is 0.0734. The van der Waals surface area contributed by atoms with Crippen LogP contribution in [0.3, 0.4) is 0 Å². The first-order valence-electron chi connectivity index (χ1n) is 6.25. The highest BCUT2D eigenvalue weighted by atomic mass is 16.2. The summed E-state index contributed by atoms with van der Waals surface area (Å²) in [5, 5.41) is 7.46. The van der Waals surface area contributed by atoms with E-state index in [1.54, 1.807) is 6.20 Å². The molecule has 0 aliphatic carbocycles. The number of aromatic nitrogens is 2. The maximum absolute atomic E-state index is 12.4. The van der Waals surface area contributed by atoms with Gasteiger partial charge in [-0.25, -0.2) is 0 Å². The molecule has 1 aromatic rings. The van der Waals surface area contributed by atoms with Crippen molar-refractivity contribution in [1.82, 2.24) is 20.0 Å². The van der Waals surface area contributed by atoms with Gasteiger partial charge in [0.2, 0.25) is 0 Å². The zero-order chi connectivity index (χ0) is 12.3. The molecule has 1 aromatic heterocycles. The van der Waals surface area contributed by atoms with E-state index in [0.717, 1.165) is 50.3 Å². The van der Waals surface area contributed by atoms with Crippen LogP contribution in [0.2, 0.25) is 0 Å². The Balaban J connectivity index is 2.17. The average Bonchev–Trinajstić information content (AvgIpc) is 2.72. The van der Waals surface area contributed by atoms with Crippen LogP contribution in [-0.4, -0.2) is 46.8 Å². The van der Waals surface area contributed by atoms with Gasteiger partial charge in [0.15, 0.2) is 0 Å². The lowest BCUT2D eigenvalue weighted by Gasteiger charge is -2.27. The first-order chi connectivity index (χ1) is 8.24. The van der Waals surface area contributed by atoms with Crippen molar-refractivity contribution in [2.45, 2.75) is 19.8 Å². The van der Waals surface area contributed by atoms with E-state index in [1.165, 1.54) is 0 Å². The van der Waals surface area contributed by atoms with Gasteiger partial charge in [0, 0.05) is 33.2 Å². The van der Waals surface area contributed by atoms with Crippen molar-refractivity contribution in [1.29, 1.82) is 0 Å². The van der Waals surface area contributed by atoms with E-state index in [4.69, 9.17) is 0 Å². The van der Waals surface area contributed by atoms with E-state index >= 15 is 0 Å². The summed E-state index contributed by atoms with van der Waals surface area (Å²) in [6.07, 6.45) is 3.64. The summed E-state index contributed by atoms with van der Waals surface area (Å²) in [6.45, 7) is 5.47. The summed E-state index contributed by atoms with van der Waals surface area (Å²) in [5.41, 5.74) is 1.83. The standard InChI is InChI=1S/C12H20N4O/c1-3-4-11-10(9-14-15(11)2)12(17)16-7-5-13-6-8-16/h9,13H,3-8H2,1-2H3. The first kappa shape index (κ1) is 12.1. The highest BCUT2D eigenvalue weighted by molar-refractivity contribution is 5.95. The molecular formula is C12H20N4O. The van der Waals surface area contributed by atoms with Gasteiger partial charge in [0.1, 0.15) is 0 Å². The lowest BCUT2D eigenvalue weighted by atomic mass is 10.1. The summed E-state index contributed by atoms with van der Waals surface area (Å²) in [4.78, 5) is 14.3. The van der Waals surface area contributed by atoms with Gasteiger partial charge < -0.3 is 10.2 Å². The molecule has 1 aliphatic heterocycles. The number of nitrogens with zero attached hydrogens (tertiary/aromatic N) is 3. The summed E-state index contributed by atoms with van der Waals surface area (Å²) in [7, 11) is 1.90. The molecule has 0 spiro atoms. The van der Waals surface area contributed by atoms with Crippen LogP contribution in [-0.2, 0) is 13.5 Å². The van der Waals surface area contributed by atoms with Crippen LogP contribution in [0.15, 0.2) is 6.20 Å². The number of hydrogen-bond acceptors (Lipinski definition) is 3. The average molecular weight is 236 g/mol. The van der Waals surface area contributed by atoms with Gasteiger partial charge in [-0.2, -0.15) is 5.10 Å². The van der Waals surface area contributed by atoms with E-state index < -0.39 is 0 Å². The van der Waals surface area contributed by atoms with E-state index in [9.17, 15) is 4.79 Å². The van der Waals surface area contributed by atoms with Crippen molar-refractivity contribution in [3.05, 3.63) is 17.5 Å². The Morgan fingerprint density at radius 2 is 2.18 bits per heavy atom. The van der Waals surface area contributed by atoms with Crippen molar-refractivity contribution in [2.24, 2.45) is 7.05 Å². The fourth-order valence-electron chi connectivity index (χ4n) is 2.21. The third-order valence-electron chi connectivity index (χ3n) is 3.18. The number of carbonyl (C=O) groups excluding carboxylic acids is 1. The molecule has 1 saturated heterocycles. The molecule has 0 unspecified atom stereocenters. The topological polar surface area (TPSA) is 50.2 Å². The Labute approximate surface area is 102 Å². The van der Waals surface area contributed by atoms with Crippen molar-refractivity contribution in [3.8, 4) is 0 Å². The Kier molecular flexibility index (Phi) is 3.78. The Bertz CT molecular complexity index is 393. The van der Waals surface area contributed by atoms with Gasteiger partial charge in [-0.3, -0.25) is 9.48 Å². The van der Waals surface area contributed by atoms with E-state index in [1.807, 2.05) is 16.6 Å². The van der Waals surface area contributed by atoms with Gasteiger partial charge in [-0.15, -0.1) is 0 Å². The minimum atomic E-state index is 0.128. The third-order valence-corrected chi connectivity index (χ3v) is 3.18. The van der Waals surface area contributed by atoms with Crippen LogP contribution in [0.5, 0.6) is 0 Å². The molecule has 94 valence electrons. The molecule has 2 heterocycles. The molecule has 0 aromatic carbocycles. The predicted octanol–water partition coefficient (Wildman–Crippen LogP) is 0.418. The molecule has 5 heteroatoms. The molecule has 1 N–H and O–H groups in total. The van der Waals surface area contributed by atoms with Crippen LogP contribution in [0, 0.1) is 0 Å². The third kappa shape index (κ3) is 2.49. The molecule has 2 rings (SSSR count). The number of amides is 1.